The van der Waals surface area contributed by atoms with Crippen molar-refractivity contribution in [3.8, 4) is 0 Å². The highest BCUT2D eigenvalue weighted by Gasteiger charge is 1.93. The Labute approximate surface area is 80.5 Å². The molecule has 0 aliphatic rings. The molecule has 0 spiro atoms. The van der Waals surface area contributed by atoms with Crippen molar-refractivity contribution >= 4 is 5.91 Å². The number of amides is 1. The molecular formula is C9H9N3O2. The number of carbonyl (C=O) groups is 1. The summed E-state index contributed by atoms with van der Waals surface area (Å²) in [5.41, 5.74) is 5.53. The molecule has 1 aromatic heterocycles. The molecule has 0 aliphatic heterocycles. The summed E-state index contributed by atoms with van der Waals surface area (Å²) in [7, 11) is 0. The Morgan fingerprint density at radius 2 is 2.00 bits per heavy atom. The maximum absolute atomic E-state index is 10.4. The third kappa shape index (κ3) is 3.48. The van der Waals surface area contributed by atoms with Crippen LogP contribution in [0.1, 0.15) is 10.4 Å². The molecule has 0 radical (unpaired) electrons. The van der Waals surface area contributed by atoms with E-state index in [0.717, 1.165) is 0 Å². The molecule has 1 heterocycles. The molecule has 2 aromatic rings. The van der Waals surface area contributed by atoms with Crippen LogP contribution in [0.15, 0.2) is 47.3 Å². The summed E-state index contributed by atoms with van der Waals surface area (Å²) in [6.07, 6.45) is 2.88. The monoisotopic (exact) mass is 191 g/mol. The summed E-state index contributed by atoms with van der Waals surface area (Å²) >= 11 is 0. The molecule has 0 atom stereocenters. The molecule has 0 saturated carbocycles. The summed E-state index contributed by atoms with van der Waals surface area (Å²) in [4.78, 5) is 10.4. The van der Waals surface area contributed by atoms with E-state index in [2.05, 4.69) is 14.9 Å². The molecular weight excluding hydrogens is 182 g/mol. The van der Waals surface area contributed by atoms with Crippen LogP contribution >= 0.6 is 0 Å². The third-order valence-electron chi connectivity index (χ3n) is 1.34. The molecule has 0 aliphatic carbocycles. The van der Waals surface area contributed by atoms with Crippen LogP contribution in [0.3, 0.4) is 0 Å². The van der Waals surface area contributed by atoms with Gasteiger partial charge in [0.2, 0.25) is 5.91 Å². The zero-order valence-corrected chi connectivity index (χ0v) is 7.33. The van der Waals surface area contributed by atoms with Crippen molar-refractivity contribution in [2.75, 3.05) is 0 Å². The molecule has 0 saturated heterocycles. The van der Waals surface area contributed by atoms with Gasteiger partial charge in [-0.2, -0.15) is 0 Å². The second-order valence-corrected chi connectivity index (χ2v) is 2.32. The van der Waals surface area contributed by atoms with Crippen molar-refractivity contribution in [1.29, 1.82) is 0 Å². The normalized spacial score (nSPS) is 8.57. The van der Waals surface area contributed by atoms with Crippen LogP contribution in [0.25, 0.3) is 0 Å². The van der Waals surface area contributed by atoms with Gasteiger partial charge in [0, 0.05) is 10.8 Å². The smallest absolute Gasteiger partial charge is 0.248 e. The Kier molecular flexibility index (Phi) is 3.87. The highest BCUT2D eigenvalue weighted by molar-refractivity contribution is 5.92. The van der Waals surface area contributed by atoms with Gasteiger partial charge in [0.1, 0.15) is 6.26 Å². The summed E-state index contributed by atoms with van der Waals surface area (Å²) in [6.45, 7) is 0. The van der Waals surface area contributed by atoms with E-state index in [1.54, 1.807) is 24.3 Å². The maximum atomic E-state index is 10.4. The fourth-order valence-corrected chi connectivity index (χ4v) is 0.739. The second kappa shape index (κ2) is 5.47. The summed E-state index contributed by atoms with van der Waals surface area (Å²) in [5, 5.41) is 6.40. The lowest BCUT2D eigenvalue weighted by Gasteiger charge is -1.89. The topological polar surface area (TPSA) is 82.0 Å². The standard InChI is InChI=1S/C7H7NO.C2H2N2O/c8-7(9)6-4-2-1-3-5-6;1-2-5-4-3-1/h1-5H,(H2,8,9);1-2H. The van der Waals surface area contributed by atoms with E-state index >= 15 is 0 Å². The van der Waals surface area contributed by atoms with Gasteiger partial charge in [-0.1, -0.05) is 18.2 Å². The first-order chi connectivity index (χ1) is 6.80. The molecule has 2 rings (SSSR count). The number of hydrogen-bond acceptors (Lipinski definition) is 4. The average Bonchev–Trinajstić information content (AvgIpc) is 2.77. The van der Waals surface area contributed by atoms with E-state index in [9.17, 15) is 4.79 Å². The number of hydrogen-bond donors (Lipinski definition) is 1. The van der Waals surface area contributed by atoms with E-state index < -0.39 is 0 Å². The third-order valence-corrected chi connectivity index (χ3v) is 1.34. The Balaban J connectivity index is 0.000000165. The van der Waals surface area contributed by atoms with E-state index in [0.29, 0.717) is 5.56 Å². The molecule has 0 fully saturated rings. The Hall–Kier alpha value is -2.17. The quantitative estimate of drug-likeness (QED) is 0.724. The number of nitrogens with zero attached hydrogens (tertiary/aromatic N) is 2. The van der Waals surface area contributed by atoms with Gasteiger partial charge < -0.3 is 10.3 Å². The summed E-state index contributed by atoms with van der Waals surface area (Å²) in [5.74, 6) is -0.379. The summed E-state index contributed by atoms with van der Waals surface area (Å²) < 4.78 is 4.22. The second-order valence-electron chi connectivity index (χ2n) is 2.32. The number of benzene rings is 1. The molecule has 2 N–H and O–H groups in total. The van der Waals surface area contributed by atoms with Gasteiger partial charge in [-0.05, 0) is 12.1 Å². The lowest BCUT2D eigenvalue weighted by Crippen LogP contribution is -2.09. The maximum Gasteiger partial charge on any atom is 0.248 e. The van der Waals surface area contributed by atoms with Crippen molar-refractivity contribution in [3.05, 3.63) is 48.4 Å². The Morgan fingerprint density at radius 1 is 1.29 bits per heavy atom. The largest absolute Gasteiger partial charge is 0.366 e. The fourth-order valence-electron chi connectivity index (χ4n) is 0.739. The molecule has 0 bridgehead atoms. The average molecular weight is 191 g/mol. The highest BCUT2D eigenvalue weighted by atomic mass is 16.5. The van der Waals surface area contributed by atoms with Crippen LogP contribution in [-0.4, -0.2) is 16.3 Å². The van der Waals surface area contributed by atoms with E-state index in [1.165, 1.54) is 12.5 Å². The van der Waals surface area contributed by atoms with Crippen LogP contribution in [0.5, 0.6) is 0 Å². The number of carbonyl (C=O) groups excluding carboxylic acids is 1. The Bertz CT molecular complexity index is 342. The first-order valence-electron chi connectivity index (χ1n) is 3.86. The van der Waals surface area contributed by atoms with Gasteiger partial charge in [0.25, 0.3) is 0 Å². The molecule has 72 valence electrons. The predicted molar refractivity (Wildman–Crippen MR) is 49.3 cm³/mol. The van der Waals surface area contributed by atoms with Gasteiger partial charge in [0.05, 0.1) is 6.20 Å². The number of rotatable bonds is 1. The van der Waals surface area contributed by atoms with Crippen LogP contribution in [0, 0.1) is 0 Å². The van der Waals surface area contributed by atoms with Gasteiger partial charge in [0.15, 0.2) is 0 Å². The molecule has 1 aromatic carbocycles. The van der Waals surface area contributed by atoms with Crippen LogP contribution < -0.4 is 5.73 Å². The summed E-state index contributed by atoms with van der Waals surface area (Å²) in [6, 6.07) is 8.76. The minimum atomic E-state index is -0.379. The van der Waals surface area contributed by atoms with Crippen LogP contribution in [0.4, 0.5) is 0 Å². The molecule has 5 heteroatoms. The lowest BCUT2D eigenvalue weighted by molar-refractivity contribution is 0.100. The van der Waals surface area contributed by atoms with Crippen molar-refractivity contribution in [1.82, 2.24) is 10.4 Å². The number of aromatic nitrogens is 2. The number of primary amides is 1. The minimum absolute atomic E-state index is 0.379. The van der Waals surface area contributed by atoms with Gasteiger partial charge >= 0.3 is 0 Å². The Morgan fingerprint density at radius 3 is 2.29 bits per heavy atom. The van der Waals surface area contributed by atoms with Crippen molar-refractivity contribution in [2.24, 2.45) is 5.73 Å². The predicted octanol–water partition coefficient (Wildman–Crippen LogP) is 0.855. The molecule has 14 heavy (non-hydrogen) atoms. The van der Waals surface area contributed by atoms with E-state index in [4.69, 9.17) is 5.73 Å². The molecule has 5 nitrogen and oxygen atoms in total. The van der Waals surface area contributed by atoms with E-state index in [1.807, 2.05) is 6.07 Å². The highest BCUT2D eigenvalue weighted by Crippen LogP contribution is 1.94. The minimum Gasteiger partial charge on any atom is -0.366 e. The molecule has 1 amide bonds. The fraction of sp³-hybridized carbons (Fsp3) is 0. The molecule has 0 unspecified atom stereocenters. The van der Waals surface area contributed by atoms with Crippen molar-refractivity contribution in [2.45, 2.75) is 0 Å². The van der Waals surface area contributed by atoms with E-state index in [-0.39, 0.29) is 5.91 Å². The van der Waals surface area contributed by atoms with Gasteiger partial charge in [-0.15, -0.1) is 5.10 Å². The van der Waals surface area contributed by atoms with Gasteiger partial charge in [-0.3, -0.25) is 4.79 Å². The first kappa shape index (κ1) is 9.91. The van der Waals surface area contributed by atoms with Crippen LogP contribution in [0.2, 0.25) is 0 Å². The zero-order chi connectivity index (χ0) is 10.2. The lowest BCUT2D eigenvalue weighted by atomic mass is 10.2. The zero-order valence-electron chi connectivity index (χ0n) is 7.33. The van der Waals surface area contributed by atoms with Crippen LogP contribution in [-0.2, 0) is 0 Å². The van der Waals surface area contributed by atoms with Crippen molar-refractivity contribution in [3.63, 3.8) is 0 Å². The SMILES string of the molecule is NC(=O)c1ccccc1.c1conn1. The first-order valence-corrected chi connectivity index (χ1v) is 3.86. The van der Waals surface area contributed by atoms with Crippen molar-refractivity contribution < 1.29 is 9.32 Å². The number of nitrogens with two attached hydrogens (primary N) is 1. The van der Waals surface area contributed by atoms with Gasteiger partial charge in [-0.25, -0.2) is 0 Å².